The lowest BCUT2D eigenvalue weighted by Crippen LogP contribution is -2.34. The highest BCUT2D eigenvalue weighted by molar-refractivity contribution is 5.71. The Balaban J connectivity index is 2.21. The first kappa shape index (κ1) is 15.5. The summed E-state index contributed by atoms with van der Waals surface area (Å²) in [6.07, 6.45) is 0.316. The van der Waals surface area contributed by atoms with E-state index in [1.165, 1.54) is 12.7 Å². The van der Waals surface area contributed by atoms with Gasteiger partial charge in [-0.2, -0.15) is 0 Å². The third-order valence-electron chi connectivity index (χ3n) is 2.65. The molecule has 5 nitrogen and oxygen atoms in total. The van der Waals surface area contributed by atoms with E-state index in [0.29, 0.717) is 0 Å². The molecule has 0 aliphatic carbocycles. The number of aryl methyl sites for hydroxylation is 1. The fourth-order valence-electron chi connectivity index (χ4n) is 1.49. The van der Waals surface area contributed by atoms with Crippen molar-refractivity contribution in [1.82, 2.24) is 5.32 Å². The highest BCUT2D eigenvalue weighted by Crippen LogP contribution is 2.12. The minimum Gasteiger partial charge on any atom is -0.491 e. The molecule has 0 radical (unpaired) electrons. The quantitative estimate of drug-likeness (QED) is 0.680. The molecule has 1 unspecified atom stereocenters. The van der Waals surface area contributed by atoms with Gasteiger partial charge in [-0.25, -0.2) is 0 Å². The lowest BCUT2D eigenvalue weighted by atomic mass is 10.2. The molecule has 0 saturated carbocycles. The van der Waals surface area contributed by atoms with Crippen molar-refractivity contribution < 1.29 is 19.4 Å². The Bertz CT molecular complexity index is 378. The zero-order valence-electron chi connectivity index (χ0n) is 11.4. The molecule has 1 aromatic carbocycles. The van der Waals surface area contributed by atoms with E-state index in [-0.39, 0.29) is 25.7 Å². The summed E-state index contributed by atoms with van der Waals surface area (Å²) in [6, 6.07) is 7.76. The second kappa shape index (κ2) is 8.50. The van der Waals surface area contributed by atoms with Crippen LogP contribution in [0.1, 0.15) is 12.5 Å². The predicted octanol–water partition coefficient (Wildman–Crippen LogP) is 0.751. The van der Waals surface area contributed by atoms with Crippen molar-refractivity contribution in [2.75, 3.05) is 26.8 Å². The van der Waals surface area contributed by atoms with Crippen molar-refractivity contribution in [2.24, 2.45) is 0 Å². The molecule has 1 rings (SSSR count). The lowest BCUT2D eigenvalue weighted by Gasteiger charge is -2.13. The number of benzene rings is 1. The zero-order chi connectivity index (χ0) is 14.1. The van der Waals surface area contributed by atoms with Gasteiger partial charge in [0.25, 0.3) is 0 Å². The molecule has 0 heterocycles. The summed E-state index contributed by atoms with van der Waals surface area (Å²) in [6.45, 7) is 2.63. The average molecular weight is 267 g/mol. The molecule has 5 heteroatoms. The Morgan fingerprint density at radius 1 is 1.37 bits per heavy atom. The summed E-state index contributed by atoms with van der Waals surface area (Å²) in [7, 11) is 1.32. The van der Waals surface area contributed by atoms with Crippen molar-refractivity contribution in [1.29, 1.82) is 0 Å². The van der Waals surface area contributed by atoms with Gasteiger partial charge in [-0.05, 0) is 24.1 Å². The molecule has 106 valence electrons. The summed E-state index contributed by atoms with van der Waals surface area (Å²) < 4.78 is 9.91. The number of aliphatic hydroxyl groups excluding tert-OH is 1. The summed E-state index contributed by atoms with van der Waals surface area (Å²) >= 11 is 0. The van der Waals surface area contributed by atoms with Crippen LogP contribution in [-0.2, 0) is 16.0 Å². The topological polar surface area (TPSA) is 67.8 Å². The van der Waals surface area contributed by atoms with Crippen LogP contribution in [0.15, 0.2) is 24.3 Å². The van der Waals surface area contributed by atoms with Gasteiger partial charge >= 0.3 is 5.97 Å². The number of ether oxygens (including phenoxy) is 2. The van der Waals surface area contributed by atoms with Gasteiger partial charge in [0.05, 0.1) is 13.7 Å². The van der Waals surface area contributed by atoms with Crippen LogP contribution in [0.2, 0.25) is 0 Å². The first-order chi connectivity index (χ1) is 9.15. The van der Waals surface area contributed by atoms with Gasteiger partial charge in [-0.15, -0.1) is 0 Å². The van der Waals surface area contributed by atoms with E-state index in [1.807, 2.05) is 24.3 Å². The van der Waals surface area contributed by atoms with E-state index < -0.39 is 6.10 Å². The van der Waals surface area contributed by atoms with E-state index in [0.717, 1.165) is 12.2 Å². The number of methoxy groups -OCH3 is 1. The van der Waals surface area contributed by atoms with Gasteiger partial charge in [-0.3, -0.25) is 4.79 Å². The predicted molar refractivity (Wildman–Crippen MR) is 72.2 cm³/mol. The first-order valence-electron chi connectivity index (χ1n) is 6.33. The van der Waals surface area contributed by atoms with Crippen LogP contribution < -0.4 is 10.1 Å². The van der Waals surface area contributed by atoms with Gasteiger partial charge in [0.2, 0.25) is 0 Å². The molecule has 2 N–H and O–H groups in total. The Morgan fingerprint density at radius 3 is 2.63 bits per heavy atom. The summed E-state index contributed by atoms with van der Waals surface area (Å²) in [5.41, 5.74) is 1.24. The molecule has 1 atom stereocenters. The van der Waals surface area contributed by atoms with Gasteiger partial charge < -0.3 is 19.9 Å². The first-order valence-corrected chi connectivity index (χ1v) is 6.33. The second-order valence-electron chi connectivity index (χ2n) is 4.17. The number of rotatable bonds is 8. The van der Waals surface area contributed by atoms with Crippen molar-refractivity contribution in [3.8, 4) is 5.75 Å². The van der Waals surface area contributed by atoms with Gasteiger partial charge in [0.1, 0.15) is 18.5 Å². The number of esters is 1. The van der Waals surface area contributed by atoms with E-state index in [1.54, 1.807) is 0 Å². The molecule has 0 aliphatic rings. The molecule has 0 fully saturated rings. The van der Waals surface area contributed by atoms with Crippen molar-refractivity contribution >= 4 is 5.97 Å². The number of aliphatic hydroxyl groups is 1. The Hall–Kier alpha value is -1.59. The van der Waals surface area contributed by atoms with E-state index >= 15 is 0 Å². The number of hydrogen-bond donors (Lipinski definition) is 2. The molecular formula is C14H21NO4. The minimum absolute atomic E-state index is 0.0821. The van der Waals surface area contributed by atoms with Gasteiger partial charge in [0.15, 0.2) is 0 Å². The Kier molecular flexibility index (Phi) is 6.92. The third kappa shape index (κ3) is 6.22. The molecule has 19 heavy (non-hydrogen) atoms. The van der Waals surface area contributed by atoms with Crippen LogP contribution in [0.5, 0.6) is 5.75 Å². The number of hydrogen-bond acceptors (Lipinski definition) is 5. The van der Waals surface area contributed by atoms with Gasteiger partial charge in [0, 0.05) is 6.54 Å². The number of nitrogens with one attached hydrogen (secondary N) is 1. The fourth-order valence-corrected chi connectivity index (χ4v) is 1.49. The normalized spacial score (nSPS) is 11.9. The summed E-state index contributed by atoms with van der Waals surface area (Å²) in [5, 5.41) is 12.4. The second-order valence-corrected chi connectivity index (χ2v) is 4.17. The SMILES string of the molecule is CCc1ccc(OCC(O)CNCC(=O)OC)cc1. The monoisotopic (exact) mass is 267 g/mol. The van der Waals surface area contributed by atoms with Crippen LogP contribution >= 0.6 is 0 Å². The van der Waals surface area contributed by atoms with Crippen LogP contribution in [0.25, 0.3) is 0 Å². The van der Waals surface area contributed by atoms with E-state index in [9.17, 15) is 9.90 Å². The van der Waals surface area contributed by atoms with Crippen molar-refractivity contribution in [2.45, 2.75) is 19.4 Å². The Labute approximate surface area is 113 Å². The smallest absolute Gasteiger partial charge is 0.319 e. The van der Waals surface area contributed by atoms with Gasteiger partial charge in [-0.1, -0.05) is 19.1 Å². The summed E-state index contributed by atoms with van der Waals surface area (Å²) in [5.74, 6) is 0.368. The maximum atomic E-state index is 10.8. The molecule has 0 aromatic heterocycles. The zero-order valence-corrected chi connectivity index (χ0v) is 11.4. The molecular weight excluding hydrogens is 246 g/mol. The van der Waals surface area contributed by atoms with E-state index in [4.69, 9.17) is 4.74 Å². The molecule has 0 aliphatic heterocycles. The fraction of sp³-hybridized carbons (Fsp3) is 0.500. The number of carbonyl (C=O) groups is 1. The highest BCUT2D eigenvalue weighted by Gasteiger charge is 2.06. The maximum absolute atomic E-state index is 10.8. The maximum Gasteiger partial charge on any atom is 0.319 e. The third-order valence-corrected chi connectivity index (χ3v) is 2.65. The van der Waals surface area contributed by atoms with Crippen LogP contribution in [-0.4, -0.2) is 44.0 Å². The molecule has 0 saturated heterocycles. The van der Waals surface area contributed by atoms with Crippen LogP contribution in [0, 0.1) is 0 Å². The van der Waals surface area contributed by atoms with Crippen molar-refractivity contribution in [3.05, 3.63) is 29.8 Å². The largest absolute Gasteiger partial charge is 0.491 e. The number of carbonyl (C=O) groups excluding carboxylic acids is 1. The lowest BCUT2D eigenvalue weighted by molar-refractivity contribution is -0.139. The van der Waals surface area contributed by atoms with Crippen LogP contribution in [0.3, 0.4) is 0 Å². The van der Waals surface area contributed by atoms with Crippen LogP contribution in [0.4, 0.5) is 0 Å². The molecule has 0 amide bonds. The minimum atomic E-state index is -0.671. The average Bonchev–Trinajstić information content (AvgIpc) is 2.45. The standard InChI is InChI=1S/C14H21NO4/c1-3-11-4-6-13(7-5-11)19-10-12(16)8-15-9-14(17)18-2/h4-7,12,15-16H,3,8-10H2,1-2H3. The highest BCUT2D eigenvalue weighted by atomic mass is 16.5. The Morgan fingerprint density at radius 2 is 2.05 bits per heavy atom. The summed E-state index contributed by atoms with van der Waals surface area (Å²) in [4.78, 5) is 10.8. The molecule has 0 bridgehead atoms. The van der Waals surface area contributed by atoms with E-state index in [2.05, 4.69) is 17.0 Å². The van der Waals surface area contributed by atoms with Crippen molar-refractivity contribution in [3.63, 3.8) is 0 Å². The molecule has 0 spiro atoms. The molecule has 1 aromatic rings.